The Kier molecular flexibility index (Phi) is 7.50. The third kappa shape index (κ3) is 5.07. The number of nitrogens with zero attached hydrogens (tertiary/aromatic N) is 3. The Hall–Kier alpha value is -3.66. The van der Waals surface area contributed by atoms with Crippen LogP contribution in [0.2, 0.25) is 0 Å². The Morgan fingerprint density at radius 3 is 2.71 bits per heavy atom. The summed E-state index contributed by atoms with van der Waals surface area (Å²) in [6.07, 6.45) is 1.46. The number of halogens is 1. The monoisotopic (exact) mass is 498 g/mol. The van der Waals surface area contributed by atoms with Gasteiger partial charge in [-0.3, -0.25) is 0 Å². The summed E-state index contributed by atoms with van der Waals surface area (Å²) in [6.45, 7) is 7.31. The van der Waals surface area contributed by atoms with Crippen molar-refractivity contribution in [1.29, 1.82) is 0 Å². The normalized spacial score (nSPS) is 11.0. The van der Waals surface area contributed by atoms with Gasteiger partial charge in [-0.2, -0.15) is 0 Å². The fraction of sp³-hybridized carbons (Fsp3) is 0.320. The van der Waals surface area contributed by atoms with Gasteiger partial charge in [0.2, 0.25) is 0 Å². The van der Waals surface area contributed by atoms with Crippen LogP contribution < -0.4 is 14.8 Å². The fourth-order valence-corrected chi connectivity index (χ4v) is 4.86. The van der Waals surface area contributed by atoms with Gasteiger partial charge in [-0.1, -0.05) is 0 Å². The molecular weight excluding hydrogens is 471 g/mol. The lowest BCUT2D eigenvalue weighted by Crippen LogP contribution is -2.12. The first-order valence-corrected chi connectivity index (χ1v) is 12.1. The molecule has 8 nitrogen and oxygen atoms in total. The molecule has 4 aromatic rings. The number of rotatable bonds is 10. The minimum Gasteiger partial charge on any atom is -0.496 e. The lowest BCUT2D eigenvalue weighted by atomic mass is 10.2. The highest BCUT2D eigenvalue weighted by atomic mass is 32.1. The van der Waals surface area contributed by atoms with Crippen LogP contribution in [0.1, 0.15) is 29.2 Å². The lowest BCUT2D eigenvalue weighted by molar-refractivity contribution is 0.0528. The summed E-state index contributed by atoms with van der Waals surface area (Å²) in [4.78, 5) is 22.1. The van der Waals surface area contributed by atoms with Crippen molar-refractivity contribution in [3.63, 3.8) is 0 Å². The van der Waals surface area contributed by atoms with Crippen molar-refractivity contribution < 1.29 is 23.4 Å². The number of hydrogen-bond donors (Lipinski definition) is 1. The van der Waals surface area contributed by atoms with Gasteiger partial charge in [0.1, 0.15) is 29.5 Å². The molecule has 0 radical (unpaired) electrons. The maximum Gasteiger partial charge on any atom is 0.352 e. The molecule has 0 bridgehead atoms. The molecule has 3 aromatic heterocycles. The van der Waals surface area contributed by atoms with E-state index in [4.69, 9.17) is 14.2 Å². The highest BCUT2D eigenvalue weighted by Gasteiger charge is 2.20. The number of fused-ring (bicyclic) bond motifs is 1. The minimum atomic E-state index is -0.419. The van der Waals surface area contributed by atoms with Crippen LogP contribution in [0.5, 0.6) is 11.5 Å². The van der Waals surface area contributed by atoms with Gasteiger partial charge in [-0.25, -0.2) is 19.2 Å². The summed E-state index contributed by atoms with van der Waals surface area (Å²) < 4.78 is 32.7. The number of thiophene rings is 1. The van der Waals surface area contributed by atoms with E-state index in [1.165, 1.54) is 23.7 Å². The molecule has 0 fully saturated rings. The van der Waals surface area contributed by atoms with Crippen molar-refractivity contribution in [2.24, 2.45) is 0 Å². The summed E-state index contributed by atoms with van der Waals surface area (Å²) in [5.41, 5.74) is 2.10. The van der Waals surface area contributed by atoms with E-state index in [9.17, 15) is 9.18 Å². The van der Waals surface area contributed by atoms with Crippen molar-refractivity contribution in [2.75, 3.05) is 32.2 Å². The Morgan fingerprint density at radius 2 is 1.97 bits per heavy atom. The van der Waals surface area contributed by atoms with Crippen molar-refractivity contribution in [3.8, 4) is 22.1 Å². The Labute approximate surface area is 206 Å². The van der Waals surface area contributed by atoms with Gasteiger partial charge < -0.3 is 24.1 Å². The molecule has 4 rings (SSSR count). The highest BCUT2D eigenvalue weighted by molar-refractivity contribution is 7.17. The largest absolute Gasteiger partial charge is 0.496 e. The molecule has 0 spiro atoms. The second kappa shape index (κ2) is 10.7. The second-order valence-electron chi connectivity index (χ2n) is 7.62. The maximum atomic E-state index is 14.6. The van der Waals surface area contributed by atoms with E-state index in [0.717, 1.165) is 16.0 Å². The molecule has 0 aliphatic carbocycles. The van der Waals surface area contributed by atoms with Gasteiger partial charge in [0.05, 0.1) is 36.4 Å². The molecule has 1 N–H and O–H groups in total. The summed E-state index contributed by atoms with van der Waals surface area (Å²) in [5.74, 6) is 1.02. The molecular formula is C25H27FN4O4S. The number of carbonyl (C=O) groups is 1. The van der Waals surface area contributed by atoms with Gasteiger partial charge in [0.15, 0.2) is 4.88 Å². The van der Waals surface area contributed by atoms with Crippen LogP contribution in [0, 0.1) is 12.7 Å². The predicted molar refractivity (Wildman–Crippen MR) is 134 cm³/mol. The van der Waals surface area contributed by atoms with E-state index in [0.29, 0.717) is 53.1 Å². The van der Waals surface area contributed by atoms with Gasteiger partial charge in [0.25, 0.3) is 0 Å². The molecule has 0 saturated heterocycles. The molecule has 184 valence electrons. The second-order valence-corrected chi connectivity index (χ2v) is 8.67. The number of anilines is 1. The van der Waals surface area contributed by atoms with Gasteiger partial charge in [-0.05, 0) is 39.0 Å². The van der Waals surface area contributed by atoms with Gasteiger partial charge in [0, 0.05) is 36.3 Å². The van der Waals surface area contributed by atoms with Gasteiger partial charge in [-0.15, -0.1) is 11.3 Å². The lowest BCUT2D eigenvalue weighted by Gasteiger charge is -2.11. The van der Waals surface area contributed by atoms with Crippen LogP contribution in [0.3, 0.4) is 0 Å². The molecule has 0 saturated carbocycles. The van der Waals surface area contributed by atoms with Crippen LogP contribution in [0.15, 0.2) is 36.7 Å². The Bertz CT molecular complexity index is 1350. The van der Waals surface area contributed by atoms with Crippen molar-refractivity contribution in [1.82, 2.24) is 14.5 Å². The summed E-state index contributed by atoms with van der Waals surface area (Å²) in [7, 11) is 1.58. The molecule has 35 heavy (non-hydrogen) atoms. The summed E-state index contributed by atoms with van der Waals surface area (Å²) in [6, 6.07) is 8.58. The number of ether oxygens (including phenoxy) is 3. The van der Waals surface area contributed by atoms with Gasteiger partial charge >= 0.3 is 5.97 Å². The minimum absolute atomic E-state index is 0.284. The summed E-state index contributed by atoms with van der Waals surface area (Å²) >= 11 is 1.26. The highest BCUT2D eigenvalue weighted by Crippen LogP contribution is 2.36. The first kappa shape index (κ1) is 24.5. The predicted octanol–water partition coefficient (Wildman–Crippen LogP) is 5.30. The number of nitrogens with one attached hydrogen (secondary N) is 1. The van der Waals surface area contributed by atoms with Crippen LogP contribution in [-0.4, -0.2) is 47.4 Å². The number of methoxy groups -OCH3 is 1. The molecule has 0 atom stereocenters. The first-order chi connectivity index (χ1) is 17.0. The van der Waals surface area contributed by atoms with E-state index in [2.05, 4.69) is 15.3 Å². The standard InChI is InChI=1S/C25H27FN4O4S/c1-5-33-20-13-21(35-24(20)25(31)34-6-2)18-12-22(29-14-28-18)27-9-10-30-15(3)11-16-19(32-4)8-7-17(26)23(16)30/h7-8,11-14H,5-6,9-10H2,1-4H3,(H,27,28,29). The fourth-order valence-electron chi connectivity index (χ4n) is 3.89. The third-order valence-electron chi connectivity index (χ3n) is 5.42. The zero-order valence-corrected chi connectivity index (χ0v) is 20.9. The van der Waals surface area contributed by atoms with E-state index < -0.39 is 5.97 Å². The van der Waals surface area contributed by atoms with Crippen molar-refractivity contribution >= 4 is 34.0 Å². The van der Waals surface area contributed by atoms with Crippen LogP contribution in [0.25, 0.3) is 21.5 Å². The molecule has 0 amide bonds. The SMILES string of the molecule is CCOC(=O)c1sc(-c2cc(NCCn3c(C)cc4c(OC)ccc(F)c43)ncn2)cc1OCC. The van der Waals surface area contributed by atoms with E-state index in [-0.39, 0.29) is 12.4 Å². The van der Waals surface area contributed by atoms with Crippen LogP contribution in [0.4, 0.5) is 10.2 Å². The zero-order valence-electron chi connectivity index (χ0n) is 20.1. The maximum absolute atomic E-state index is 14.6. The molecule has 10 heteroatoms. The molecule has 0 aliphatic heterocycles. The molecule has 0 unspecified atom stereocenters. The molecule has 0 aliphatic rings. The van der Waals surface area contributed by atoms with Crippen molar-refractivity contribution in [2.45, 2.75) is 27.3 Å². The van der Waals surface area contributed by atoms with E-state index in [1.54, 1.807) is 32.2 Å². The third-order valence-corrected chi connectivity index (χ3v) is 6.54. The van der Waals surface area contributed by atoms with E-state index >= 15 is 0 Å². The Morgan fingerprint density at radius 1 is 1.14 bits per heavy atom. The topological polar surface area (TPSA) is 87.5 Å². The average molecular weight is 499 g/mol. The summed E-state index contributed by atoms with van der Waals surface area (Å²) in [5, 5.41) is 4.02. The number of benzene rings is 1. The number of esters is 1. The van der Waals surface area contributed by atoms with E-state index in [1.807, 2.05) is 24.5 Å². The first-order valence-electron chi connectivity index (χ1n) is 11.3. The number of aryl methyl sites for hydroxylation is 1. The smallest absolute Gasteiger partial charge is 0.352 e. The van der Waals surface area contributed by atoms with Crippen LogP contribution >= 0.6 is 11.3 Å². The molecule has 1 aromatic carbocycles. The molecule has 3 heterocycles. The Balaban J connectivity index is 1.52. The average Bonchev–Trinajstić information content (AvgIpc) is 3.42. The van der Waals surface area contributed by atoms with Crippen LogP contribution in [-0.2, 0) is 11.3 Å². The number of aromatic nitrogens is 3. The zero-order chi connectivity index (χ0) is 24.9. The number of hydrogen-bond acceptors (Lipinski definition) is 8. The number of carbonyl (C=O) groups excluding carboxylic acids is 1. The quantitative estimate of drug-likeness (QED) is 0.297. The van der Waals surface area contributed by atoms with Crippen molar-refractivity contribution in [3.05, 3.63) is 53.0 Å².